The van der Waals surface area contributed by atoms with Crippen LogP contribution in [0, 0.1) is 5.82 Å². The van der Waals surface area contributed by atoms with Crippen LogP contribution in [0.4, 0.5) is 20.0 Å². The number of aromatic nitrogens is 2. The average molecular weight is 409 g/mol. The van der Waals surface area contributed by atoms with Crippen LogP contribution in [0.25, 0.3) is 0 Å². The molecule has 2 aromatic carbocycles. The number of anilines is 2. The fourth-order valence-electron chi connectivity index (χ4n) is 2.02. The molecule has 2 N–H and O–H groups in total. The van der Waals surface area contributed by atoms with Gasteiger partial charge in [-0.1, -0.05) is 41.1 Å². The Hall–Kier alpha value is -2.16. The van der Waals surface area contributed by atoms with Gasteiger partial charge in [-0.3, -0.25) is 5.32 Å². The molecule has 26 heavy (non-hydrogen) atoms. The molecule has 0 aliphatic rings. The first kappa shape index (κ1) is 18.6. The molecule has 0 fully saturated rings. The molecule has 3 aromatic rings. The Labute approximate surface area is 163 Å². The van der Waals surface area contributed by atoms with Crippen LogP contribution in [0.15, 0.2) is 48.5 Å². The molecule has 0 aliphatic heterocycles. The van der Waals surface area contributed by atoms with Gasteiger partial charge in [-0.25, -0.2) is 9.18 Å². The Bertz CT molecular complexity index is 888. The SMILES string of the molecule is O=C(Nc1ccc(Cl)cc1)Nc1nnc(CSCc2ccccc2F)s1. The number of nitrogens with zero attached hydrogens (tertiary/aromatic N) is 2. The number of urea groups is 1. The summed E-state index contributed by atoms with van der Waals surface area (Å²) in [4.78, 5) is 11.9. The van der Waals surface area contributed by atoms with Crippen LogP contribution in [0.5, 0.6) is 0 Å². The second-order valence-corrected chi connectivity index (χ2v) is 7.66. The number of thioether (sulfide) groups is 1. The molecule has 0 bridgehead atoms. The minimum Gasteiger partial charge on any atom is -0.308 e. The summed E-state index contributed by atoms with van der Waals surface area (Å²) in [5, 5.41) is 15.0. The highest BCUT2D eigenvalue weighted by Gasteiger charge is 2.09. The van der Waals surface area contributed by atoms with Gasteiger partial charge < -0.3 is 5.32 Å². The smallest absolute Gasteiger partial charge is 0.308 e. The maximum atomic E-state index is 13.6. The largest absolute Gasteiger partial charge is 0.325 e. The van der Waals surface area contributed by atoms with E-state index in [2.05, 4.69) is 20.8 Å². The first-order valence-electron chi connectivity index (χ1n) is 7.57. The molecule has 0 aliphatic carbocycles. The zero-order chi connectivity index (χ0) is 18.4. The van der Waals surface area contributed by atoms with Crippen molar-refractivity contribution in [1.29, 1.82) is 0 Å². The highest BCUT2D eigenvalue weighted by atomic mass is 35.5. The molecular weight excluding hydrogens is 395 g/mol. The molecule has 0 spiro atoms. The monoisotopic (exact) mass is 408 g/mol. The molecule has 134 valence electrons. The summed E-state index contributed by atoms with van der Waals surface area (Å²) in [6, 6.07) is 13.1. The maximum Gasteiger partial charge on any atom is 0.325 e. The molecule has 1 heterocycles. The van der Waals surface area contributed by atoms with E-state index in [4.69, 9.17) is 11.6 Å². The summed E-state index contributed by atoms with van der Waals surface area (Å²) in [6.07, 6.45) is 0. The van der Waals surface area contributed by atoms with Gasteiger partial charge in [0.1, 0.15) is 10.8 Å². The van der Waals surface area contributed by atoms with E-state index in [1.807, 2.05) is 6.07 Å². The minimum atomic E-state index is -0.408. The number of amides is 2. The van der Waals surface area contributed by atoms with E-state index in [1.54, 1.807) is 36.4 Å². The highest BCUT2D eigenvalue weighted by molar-refractivity contribution is 7.97. The summed E-state index contributed by atoms with van der Waals surface area (Å²) < 4.78 is 13.6. The zero-order valence-electron chi connectivity index (χ0n) is 13.4. The third-order valence-electron chi connectivity index (χ3n) is 3.23. The predicted molar refractivity (Wildman–Crippen MR) is 105 cm³/mol. The average Bonchev–Trinajstić information content (AvgIpc) is 3.06. The lowest BCUT2D eigenvalue weighted by Gasteiger charge is -2.04. The number of hydrogen-bond donors (Lipinski definition) is 2. The topological polar surface area (TPSA) is 66.9 Å². The number of benzene rings is 2. The lowest BCUT2D eigenvalue weighted by atomic mass is 10.2. The standard InChI is InChI=1S/C17H14ClFN4OS2/c18-12-5-7-13(8-6-12)20-16(24)21-17-23-22-15(26-17)10-25-9-11-3-1-2-4-14(11)19/h1-8H,9-10H2,(H2,20,21,23,24). The van der Waals surface area contributed by atoms with Crippen molar-refractivity contribution >= 4 is 51.5 Å². The third-order valence-corrected chi connectivity index (χ3v) is 5.50. The van der Waals surface area contributed by atoms with Crippen molar-refractivity contribution < 1.29 is 9.18 Å². The molecule has 1 aromatic heterocycles. The van der Waals surface area contributed by atoms with E-state index >= 15 is 0 Å². The fourth-order valence-corrected chi connectivity index (χ4v) is 3.95. The van der Waals surface area contributed by atoms with Crippen LogP contribution in [0.3, 0.4) is 0 Å². The maximum absolute atomic E-state index is 13.6. The number of rotatable bonds is 6. The molecule has 0 radical (unpaired) electrons. The van der Waals surface area contributed by atoms with Crippen molar-refractivity contribution in [1.82, 2.24) is 10.2 Å². The molecular formula is C17H14ClFN4OS2. The van der Waals surface area contributed by atoms with Gasteiger partial charge in [0.05, 0.1) is 0 Å². The molecule has 5 nitrogen and oxygen atoms in total. The van der Waals surface area contributed by atoms with Crippen molar-refractivity contribution in [2.24, 2.45) is 0 Å². The van der Waals surface area contributed by atoms with E-state index in [-0.39, 0.29) is 5.82 Å². The second kappa shape index (κ2) is 8.98. The second-order valence-electron chi connectivity index (χ2n) is 5.17. The van der Waals surface area contributed by atoms with E-state index in [1.165, 1.54) is 29.2 Å². The number of halogens is 2. The van der Waals surface area contributed by atoms with E-state index in [0.29, 0.717) is 32.9 Å². The molecule has 0 saturated heterocycles. The summed E-state index contributed by atoms with van der Waals surface area (Å²) in [7, 11) is 0. The summed E-state index contributed by atoms with van der Waals surface area (Å²) in [6.45, 7) is 0. The Kier molecular flexibility index (Phi) is 6.43. The molecule has 2 amide bonds. The van der Waals surface area contributed by atoms with Gasteiger partial charge in [0, 0.05) is 22.2 Å². The molecule has 3 rings (SSSR count). The van der Waals surface area contributed by atoms with Gasteiger partial charge in [0.2, 0.25) is 5.13 Å². The van der Waals surface area contributed by atoms with Crippen molar-refractivity contribution in [2.75, 3.05) is 10.6 Å². The molecule has 0 atom stereocenters. The van der Waals surface area contributed by atoms with Crippen molar-refractivity contribution in [3.63, 3.8) is 0 Å². The summed E-state index contributed by atoms with van der Waals surface area (Å²) in [5.74, 6) is 0.928. The predicted octanol–water partition coefficient (Wildman–Crippen LogP) is 5.41. The van der Waals surface area contributed by atoms with Gasteiger partial charge in [-0.15, -0.1) is 22.0 Å². The summed E-state index contributed by atoms with van der Waals surface area (Å²) in [5.41, 5.74) is 1.28. The van der Waals surface area contributed by atoms with E-state index in [9.17, 15) is 9.18 Å². The zero-order valence-corrected chi connectivity index (χ0v) is 15.8. The number of hydrogen-bond acceptors (Lipinski definition) is 5. The van der Waals surface area contributed by atoms with Crippen LogP contribution < -0.4 is 10.6 Å². The third kappa shape index (κ3) is 5.42. The van der Waals surface area contributed by atoms with Gasteiger partial charge in [-0.05, 0) is 35.9 Å². The van der Waals surface area contributed by atoms with Gasteiger partial charge in [0.15, 0.2) is 0 Å². The van der Waals surface area contributed by atoms with Crippen LogP contribution in [-0.4, -0.2) is 16.2 Å². The lowest BCUT2D eigenvalue weighted by molar-refractivity contribution is 0.262. The van der Waals surface area contributed by atoms with Crippen molar-refractivity contribution in [3.05, 3.63) is 69.9 Å². The van der Waals surface area contributed by atoms with E-state index < -0.39 is 6.03 Å². The van der Waals surface area contributed by atoms with Crippen LogP contribution in [0.2, 0.25) is 5.02 Å². The van der Waals surface area contributed by atoms with Gasteiger partial charge in [0.25, 0.3) is 0 Å². The number of nitrogens with one attached hydrogen (secondary N) is 2. The number of carbonyl (C=O) groups excluding carboxylic acids is 1. The summed E-state index contributed by atoms with van der Waals surface area (Å²) >= 11 is 8.62. The molecule has 0 unspecified atom stereocenters. The molecule has 9 heteroatoms. The normalized spacial score (nSPS) is 10.5. The van der Waals surface area contributed by atoms with E-state index in [0.717, 1.165) is 5.01 Å². The number of carbonyl (C=O) groups is 1. The van der Waals surface area contributed by atoms with Crippen molar-refractivity contribution in [3.8, 4) is 0 Å². The van der Waals surface area contributed by atoms with Crippen molar-refractivity contribution in [2.45, 2.75) is 11.5 Å². The van der Waals surface area contributed by atoms with Crippen LogP contribution in [0.1, 0.15) is 10.6 Å². The van der Waals surface area contributed by atoms with Gasteiger partial charge in [-0.2, -0.15) is 0 Å². The first-order valence-corrected chi connectivity index (χ1v) is 9.92. The Morgan fingerprint density at radius 2 is 1.85 bits per heavy atom. The van der Waals surface area contributed by atoms with Crippen LogP contribution >= 0.6 is 34.7 Å². The van der Waals surface area contributed by atoms with Gasteiger partial charge >= 0.3 is 6.03 Å². The van der Waals surface area contributed by atoms with Crippen LogP contribution in [-0.2, 0) is 11.5 Å². The Morgan fingerprint density at radius 1 is 1.08 bits per heavy atom. The minimum absolute atomic E-state index is 0.210. The Balaban J connectivity index is 1.47. The highest BCUT2D eigenvalue weighted by Crippen LogP contribution is 2.23. The quantitative estimate of drug-likeness (QED) is 0.572. The first-order chi connectivity index (χ1) is 12.6. The fraction of sp³-hybridized carbons (Fsp3) is 0.118. The Morgan fingerprint density at radius 3 is 2.62 bits per heavy atom. The molecule has 0 saturated carbocycles. The lowest BCUT2D eigenvalue weighted by Crippen LogP contribution is -2.19.